The van der Waals surface area contributed by atoms with Crippen LogP contribution in [0.1, 0.15) is 47.6 Å². The Balaban J connectivity index is 2.23. The van der Waals surface area contributed by atoms with Gasteiger partial charge >= 0.3 is 5.97 Å². The molecule has 0 aliphatic heterocycles. The molecule has 0 heterocycles. The molecule has 3 rings (SSSR count). The molecule has 3 aromatic carbocycles. The third-order valence-electron chi connectivity index (χ3n) is 5.07. The number of nitrogens with one attached hydrogen (secondary N) is 1. The van der Waals surface area contributed by atoms with E-state index in [-0.39, 0.29) is 0 Å². The number of aliphatic carboxylic acids is 1. The van der Waals surface area contributed by atoms with Gasteiger partial charge in [0.15, 0.2) is 0 Å². The summed E-state index contributed by atoms with van der Waals surface area (Å²) in [4.78, 5) is 10.8. The Morgan fingerprint density at radius 2 is 1.65 bits per heavy atom. The third-order valence-corrected chi connectivity index (χ3v) is 5.07. The molecule has 0 aliphatic carbocycles. The summed E-state index contributed by atoms with van der Waals surface area (Å²) < 4.78 is 0. The maximum absolute atomic E-state index is 10.8. The number of nitrogen functional groups attached to an aromatic ring is 1. The maximum atomic E-state index is 10.8. The van der Waals surface area contributed by atoms with Crippen molar-refractivity contribution in [2.24, 2.45) is 0 Å². The molecule has 0 unspecified atom stereocenters. The van der Waals surface area contributed by atoms with Crippen molar-refractivity contribution in [2.45, 2.75) is 19.8 Å². The van der Waals surface area contributed by atoms with Crippen LogP contribution in [0.15, 0.2) is 78.9 Å². The number of rotatable bonds is 8. The highest BCUT2D eigenvalue weighted by Crippen LogP contribution is 2.36. The minimum absolute atomic E-state index is 0.573. The van der Waals surface area contributed by atoms with Crippen molar-refractivity contribution in [3.8, 4) is 0 Å². The number of carboxylic acid groups (broad SMARTS) is 1. The summed E-state index contributed by atoms with van der Waals surface area (Å²) in [6.07, 6.45) is 5.87. The molecule has 0 atom stereocenters. The van der Waals surface area contributed by atoms with Gasteiger partial charge in [0.1, 0.15) is 0 Å². The van der Waals surface area contributed by atoms with Crippen LogP contribution in [0, 0.1) is 5.41 Å². The highest BCUT2D eigenvalue weighted by atomic mass is 16.4. The molecule has 0 aliphatic rings. The Morgan fingerprint density at radius 1 is 0.968 bits per heavy atom. The summed E-state index contributed by atoms with van der Waals surface area (Å²) in [5.41, 5.74) is 13.6. The number of carboxylic acids is 1. The molecule has 0 radical (unpaired) electrons. The van der Waals surface area contributed by atoms with E-state index < -0.39 is 5.97 Å². The second-order valence-electron chi connectivity index (χ2n) is 7.25. The van der Waals surface area contributed by atoms with E-state index >= 15 is 0 Å². The van der Waals surface area contributed by atoms with Crippen LogP contribution < -0.4 is 5.73 Å². The SMILES string of the molecule is CCC/C(=C(/c1ccc(/C=C/C(=O)O)cc1)c1ccc(N)c(C=N)c1)c1ccccc1. The molecule has 156 valence electrons. The minimum Gasteiger partial charge on any atom is -0.478 e. The van der Waals surface area contributed by atoms with Crippen molar-refractivity contribution in [1.29, 1.82) is 5.41 Å². The molecule has 0 fully saturated rings. The van der Waals surface area contributed by atoms with Crippen molar-refractivity contribution in [3.63, 3.8) is 0 Å². The maximum Gasteiger partial charge on any atom is 0.328 e. The smallest absolute Gasteiger partial charge is 0.328 e. The molecule has 0 amide bonds. The van der Waals surface area contributed by atoms with E-state index in [1.165, 1.54) is 11.8 Å². The first-order chi connectivity index (χ1) is 15.0. The van der Waals surface area contributed by atoms with E-state index in [1.54, 1.807) is 6.08 Å². The number of hydrogen-bond donors (Lipinski definition) is 3. The van der Waals surface area contributed by atoms with E-state index in [9.17, 15) is 4.79 Å². The standard InChI is InChI=1S/C27H26N2O2/c1-2-6-24(20-7-4-3-5-8-20)27(22-14-15-25(29)23(17-22)18-28)21-12-9-19(10-13-21)11-16-26(30)31/h3-5,7-18,28H,2,6,29H2,1H3,(H,30,31)/b16-11+,27-24+,28-18?. The molecule has 3 aromatic rings. The van der Waals surface area contributed by atoms with Gasteiger partial charge in [-0.05, 0) is 58.0 Å². The summed E-state index contributed by atoms with van der Waals surface area (Å²) in [5, 5.41) is 16.6. The Kier molecular flexibility index (Phi) is 7.17. The lowest BCUT2D eigenvalue weighted by Crippen LogP contribution is -1.99. The number of benzene rings is 3. The summed E-state index contributed by atoms with van der Waals surface area (Å²) in [5.74, 6) is -0.972. The summed E-state index contributed by atoms with van der Waals surface area (Å²) >= 11 is 0. The second-order valence-corrected chi connectivity index (χ2v) is 7.25. The summed E-state index contributed by atoms with van der Waals surface area (Å²) in [6, 6.07) is 23.9. The quantitative estimate of drug-likeness (QED) is 0.181. The molecule has 4 nitrogen and oxygen atoms in total. The van der Waals surface area contributed by atoms with E-state index in [0.717, 1.165) is 46.7 Å². The topological polar surface area (TPSA) is 87.2 Å². The van der Waals surface area contributed by atoms with E-state index in [2.05, 4.69) is 19.1 Å². The average Bonchev–Trinajstić information content (AvgIpc) is 2.79. The first kappa shape index (κ1) is 21.8. The second kappa shape index (κ2) is 10.2. The van der Waals surface area contributed by atoms with Crippen LogP contribution in [0.4, 0.5) is 5.69 Å². The van der Waals surface area contributed by atoms with Crippen molar-refractivity contribution in [1.82, 2.24) is 0 Å². The average molecular weight is 411 g/mol. The molecule has 0 spiro atoms. The monoisotopic (exact) mass is 410 g/mol. The van der Waals surface area contributed by atoms with Crippen LogP contribution in [0.3, 0.4) is 0 Å². The molecule has 0 saturated carbocycles. The molecular weight excluding hydrogens is 384 g/mol. The minimum atomic E-state index is -0.972. The molecular formula is C27H26N2O2. The summed E-state index contributed by atoms with van der Waals surface area (Å²) in [6.45, 7) is 2.16. The number of nitrogens with two attached hydrogens (primary N) is 1. The number of allylic oxidation sites excluding steroid dienone is 1. The van der Waals surface area contributed by atoms with Gasteiger partial charge in [0, 0.05) is 23.5 Å². The fraction of sp³-hybridized carbons (Fsp3) is 0.111. The third kappa shape index (κ3) is 5.37. The first-order valence-electron chi connectivity index (χ1n) is 10.2. The lowest BCUT2D eigenvalue weighted by atomic mass is 9.86. The number of hydrogen-bond acceptors (Lipinski definition) is 3. The van der Waals surface area contributed by atoms with Crippen molar-refractivity contribution < 1.29 is 9.90 Å². The van der Waals surface area contributed by atoms with E-state index in [1.807, 2.05) is 60.7 Å². The van der Waals surface area contributed by atoms with Gasteiger partial charge < -0.3 is 16.2 Å². The molecule has 0 bridgehead atoms. The number of anilines is 1. The van der Waals surface area contributed by atoms with Gasteiger partial charge in [-0.25, -0.2) is 4.79 Å². The fourth-order valence-corrected chi connectivity index (χ4v) is 3.60. The van der Waals surface area contributed by atoms with Gasteiger partial charge in [-0.1, -0.05) is 74.0 Å². The Labute approximate surface area is 182 Å². The predicted molar refractivity (Wildman–Crippen MR) is 129 cm³/mol. The van der Waals surface area contributed by atoms with Crippen LogP contribution >= 0.6 is 0 Å². The van der Waals surface area contributed by atoms with Crippen molar-refractivity contribution >= 4 is 35.1 Å². The molecule has 4 heteroatoms. The Hall–Kier alpha value is -3.92. The van der Waals surface area contributed by atoms with Crippen LogP contribution in [-0.4, -0.2) is 17.3 Å². The van der Waals surface area contributed by atoms with Gasteiger partial charge in [0.2, 0.25) is 0 Å². The fourth-order valence-electron chi connectivity index (χ4n) is 3.60. The van der Waals surface area contributed by atoms with Crippen LogP contribution in [0.5, 0.6) is 0 Å². The van der Waals surface area contributed by atoms with E-state index in [0.29, 0.717) is 11.3 Å². The number of carbonyl (C=O) groups is 1. The van der Waals surface area contributed by atoms with Crippen LogP contribution in [-0.2, 0) is 4.79 Å². The lowest BCUT2D eigenvalue weighted by molar-refractivity contribution is -0.131. The Bertz CT molecular complexity index is 1130. The Morgan fingerprint density at radius 3 is 2.26 bits per heavy atom. The van der Waals surface area contributed by atoms with Gasteiger partial charge in [0.25, 0.3) is 0 Å². The van der Waals surface area contributed by atoms with Crippen LogP contribution in [0.25, 0.3) is 17.2 Å². The molecule has 31 heavy (non-hydrogen) atoms. The van der Waals surface area contributed by atoms with Crippen molar-refractivity contribution in [3.05, 3.63) is 107 Å². The zero-order valence-corrected chi connectivity index (χ0v) is 17.5. The normalized spacial score (nSPS) is 11.9. The highest BCUT2D eigenvalue weighted by molar-refractivity contribution is 6.00. The molecule has 0 saturated heterocycles. The zero-order valence-electron chi connectivity index (χ0n) is 17.5. The highest BCUT2D eigenvalue weighted by Gasteiger charge is 2.15. The lowest BCUT2D eigenvalue weighted by Gasteiger charge is -2.18. The summed E-state index contributed by atoms with van der Waals surface area (Å²) in [7, 11) is 0. The van der Waals surface area contributed by atoms with Gasteiger partial charge in [-0.3, -0.25) is 0 Å². The van der Waals surface area contributed by atoms with E-state index in [4.69, 9.17) is 16.2 Å². The van der Waals surface area contributed by atoms with Gasteiger partial charge in [-0.15, -0.1) is 0 Å². The zero-order chi connectivity index (χ0) is 22.2. The largest absolute Gasteiger partial charge is 0.478 e. The van der Waals surface area contributed by atoms with Gasteiger partial charge in [0.05, 0.1) is 0 Å². The predicted octanol–water partition coefficient (Wildman–Crippen LogP) is 6.12. The van der Waals surface area contributed by atoms with Gasteiger partial charge in [-0.2, -0.15) is 0 Å². The molecule has 4 N–H and O–H groups in total. The van der Waals surface area contributed by atoms with Crippen molar-refractivity contribution in [2.75, 3.05) is 5.73 Å². The van der Waals surface area contributed by atoms with Crippen LogP contribution in [0.2, 0.25) is 0 Å². The molecule has 0 aromatic heterocycles. The first-order valence-corrected chi connectivity index (χ1v) is 10.2.